The van der Waals surface area contributed by atoms with E-state index < -0.39 is 23.4 Å². The van der Waals surface area contributed by atoms with E-state index in [1.54, 1.807) is 78.1 Å². The van der Waals surface area contributed by atoms with Crippen LogP contribution in [0.5, 0.6) is 0 Å². The second-order valence-corrected chi connectivity index (χ2v) is 8.76. The van der Waals surface area contributed by atoms with Gasteiger partial charge in [-0.2, -0.15) is 9.78 Å². The standard InChI is InChI=1S/C21H26N4O4/c1-20(2,3)28-18(26)24-11-7-8-15(24)17-14-10-9-13(22)12-16(14)25(23-17)19(27)29-21(4,5)6/h7-12H,22H2,1-6H3. The average molecular weight is 398 g/mol. The number of nitrogen functional groups attached to an aromatic ring is 1. The van der Waals surface area contributed by atoms with E-state index in [0.717, 1.165) is 0 Å². The van der Waals surface area contributed by atoms with Gasteiger partial charge in [-0.15, -0.1) is 0 Å². The van der Waals surface area contributed by atoms with Crippen molar-refractivity contribution >= 4 is 28.8 Å². The van der Waals surface area contributed by atoms with Crippen molar-refractivity contribution < 1.29 is 19.1 Å². The van der Waals surface area contributed by atoms with Crippen LogP contribution in [0.15, 0.2) is 36.5 Å². The monoisotopic (exact) mass is 398 g/mol. The molecule has 8 heteroatoms. The lowest BCUT2D eigenvalue weighted by Gasteiger charge is -2.20. The number of ether oxygens (including phenoxy) is 2. The van der Waals surface area contributed by atoms with E-state index in [1.165, 1.54) is 9.25 Å². The van der Waals surface area contributed by atoms with Crippen molar-refractivity contribution in [3.63, 3.8) is 0 Å². The zero-order valence-electron chi connectivity index (χ0n) is 17.5. The van der Waals surface area contributed by atoms with Crippen LogP contribution in [-0.4, -0.2) is 37.7 Å². The van der Waals surface area contributed by atoms with Crippen molar-refractivity contribution in [2.45, 2.75) is 52.7 Å². The maximum Gasteiger partial charge on any atom is 0.435 e. The Morgan fingerprint density at radius 1 is 0.966 bits per heavy atom. The second-order valence-electron chi connectivity index (χ2n) is 8.76. The maximum atomic E-state index is 12.7. The smallest absolute Gasteiger partial charge is 0.435 e. The summed E-state index contributed by atoms with van der Waals surface area (Å²) in [6.45, 7) is 10.7. The zero-order chi connectivity index (χ0) is 21.6. The Morgan fingerprint density at radius 2 is 1.59 bits per heavy atom. The van der Waals surface area contributed by atoms with Crippen molar-refractivity contribution in [1.29, 1.82) is 0 Å². The molecule has 3 aromatic rings. The first-order valence-electron chi connectivity index (χ1n) is 9.28. The van der Waals surface area contributed by atoms with E-state index in [-0.39, 0.29) is 0 Å². The fourth-order valence-corrected chi connectivity index (χ4v) is 2.81. The van der Waals surface area contributed by atoms with Crippen molar-refractivity contribution in [3.8, 4) is 11.4 Å². The van der Waals surface area contributed by atoms with Gasteiger partial charge in [0.2, 0.25) is 0 Å². The van der Waals surface area contributed by atoms with Crippen LogP contribution >= 0.6 is 0 Å². The van der Waals surface area contributed by atoms with Gasteiger partial charge in [-0.1, -0.05) is 0 Å². The van der Waals surface area contributed by atoms with Crippen LogP contribution in [0.25, 0.3) is 22.3 Å². The molecule has 0 atom stereocenters. The number of hydrogen-bond acceptors (Lipinski definition) is 6. The number of carbonyl (C=O) groups excluding carboxylic acids is 2. The number of rotatable bonds is 1. The number of nitrogens with zero attached hydrogens (tertiary/aromatic N) is 3. The van der Waals surface area contributed by atoms with Crippen molar-refractivity contribution in [2.75, 3.05) is 5.73 Å². The van der Waals surface area contributed by atoms with Gasteiger partial charge in [-0.25, -0.2) is 9.59 Å². The largest absolute Gasteiger partial charge is 0.443 e. The first-order chi connectivity index (χ1) is 13.4. The lowest BCUT2D eigenvalue weighted by Crippen LogP contribution is -2.28. The number of aromatic nitrogens is 3. The summed E-state index contributed by atoms with van der Waals surface area (Å²) >= 11 is 0. The fraction of sp³-hybridized carbons (Fsp3) is 0.381. The molecule has 0 aliphatic carbocycles. The molecule has 0 saturated heterocycles. The predicted molar refractivity (Wildman–Crippen MR) is 111 cm³/mol. The number of fused-ring (bicyclic) bond motifs is 1. The molecule has 0 radical (unpaired) electrons. The molecule has 0 bridgehead atoms. The van der Waals surface area contributed by atoms with Crippen LogP contribution < -0.4 is 5.73 Å². The number of benzene rings is 1. The van der Waals surface area contributed by atoms with Gasteiger partial charge in [0.15, 0.2) is 0 Å². The molecule has 3 rings (SSSR count). The molecule has 8 nitrogen and oxygen atoms in total. The van der Waals surface area contributed by atoms with Crippen LogP contribution in [0.1, 0.15) is 41.5 Å². The van der Waals surface area contributed by atoms with E-state index in [2.05, 4.69) is 5.10 Å². The Hall–Kier alpha value is -3.29. The highest BCUT2D eigenvalue weighted by Crippen LogP contribution is 2.30. The first kappa shape index (κ1) is 20.4. The molecule has 29 heavy (non-hydrogen) atoms. The summed E-state index contributed by atoms with van der Waals surface area (Å²) in [5.41, 5.74) is 6.50. The number of carbonyl (C=O) groups is 2. The Labute approximate surface area is 169 Å². The van der Waals surface area contributed by atoms with E-state index in [1.807, 2.05) is 0 Å². The van der Waals surface area contributed by atoms with Crippen LogP contribution in [0.4, 0.5) is 15.3 Å². The molecule has 0 amide bonds. The molecule has 2 N–H and O–H groups in total. The minimum atomic E-state index is -0.688. The molecule has 0 saturated carbocycles. The summed E-state index contributed by atoms with van der Waals surface area (Å²) in [7, 11) is 0. The third-order valence-corrected chi connectivity index (χ3v) is 3.85. The molecule has 0 fully saturated rings. The van der Waals surface area contributed by atoms with E-state index in [9.17, 15) is 9.59 Å². The Balaban J connectivity index is 2.14. The molecule has 1 aromatic carbocycles. The van der Waals surface area contributed by atoms with Gasteiger partial charge in [0.05, 0.1) is 11.2 Å². The summed E-state index contributed by atoms with van der Waals surface area (Å²) in [4.78, 5) is 25.3. The Kier molecular flexibility index (Phi) is 4.90. The van der Waals surface area contributed by atoms with Gasteiger partial charge in [0, 0.05) is 17.3 Å². The maximum absolute atomic E-state index is 12.7. The fourth-order valence-electron chi connectivity index (χ4n) is 2.81. The highest BCUT2D eigenvalue weighted by atomic mass is 16.6. The molecule has 0 spiro atoms. The third-order valence-electron chi connectivity index (χ3n) is 3.85. The summed E-state index contributed by atoms with van der Waals surface area (Å²) in [6.07, 6.45) is 0.432. The topological polar surface area (TPSA) is 101 Å². The van der Waals surface area contributed by atoms with E-state index in [4.69, 9.17) is 15.2 Å². The summed E-state index contributed by atoms with van der Waals surface area (Å²) in [5.74, 6) is 0. The van der Waals surface area contributed by atoms with Crippen LogP contribution in [-0.2, 0) is 9.47 Å². The molecule has 0 unspecified atom stereocenters. The van der Waals surface area contributed by atoms with Gasteiger partial charge in [-0.3, -0.25) is 4.57 Å². The Morgan fingerprint density at radius 3 is 2.21 bits per heavy atom. The molecule has 0 aliphatic rings. The summed E-state index contributed by atoms with van der Waals surface area (Å²) in [5, 5.41) is 5.12. The van der Waals surface area contributed by atoms with E-state index in [0.29, 0.717) is 28.0 Å². The van der Waals surface area contributed by atoms with Crippen molar-refractivity contribution in [2.24, 2.45) is 0 Å². The lowest BCUT2D eigenvalue weighted by molar-refractivity contribution is 0.0520. The molecular formula is C21H26N4O4. The summed E-state index contributed by atoms with van der Waals surface area (Å²) in [6, 6.07) is 8.58. The normalized spacial score (nSPS) is 12.2. The second kappa shape index (κ2) is 6.95. The minimum absolute atomic E-state index is 0.446. The molecule has 2 heterocycles. The quantitative estimate of drug-likeness (QED) is 0.599. The average Bonchev–Trinajstić information content (AvgIpc) is 3.15. The molecular weight excluding hydrogens is 372 g/mol. The van der Waals surface area contributed by atoms with Gasteiger partial charge in [0.25, 0.3) is 0 Å². The summed E-state index contributed by atoms with van der Waals surface area (Å²) < 4.78 is 13.5. The van der Waals surface area contributed by atoms with Gasteiger partial charge in [-0.05, 0) is 71.9 Å². The zero-order valence-corrected chi connectivity index (χ0v) is 17.5. The third kappa shape index (κ3) is 4.42. The minimum Gasteiger partial charge on any atom is -0.443 e. The molecule has 2 aromatic heterocycles. The predicted octanol–water partition coefficient (Wildman–Crippen LogP) is 4.65. The van der Waals surface area contributed by atoms with Crippen molar-refractivity contribution in [3.05, 3.63) is 36.5 Å². The molecule has 0 aliphatic heterocycles. The van der Waals surface area contributed by atoms with Crippen molar-refractivity contribution in [1.82, 2.24) is 14.3 Å². The highest BCUT2D eigenvalue weighted by Gasteiger charge is 2.26. The SMILES string of the molecule is CC(C)(C)OC(=O)n1cccc1-c1nn(C(=O)OC(C)(C)C)c2cc(N)ccc12. The van der Waals surface area contributed by atoms with Crippen LogP contribution in [0, 0.1) is 0 Å². The first-order valence-corrected chi connectivity index (χ1v) is 9.28. The van der Waals surface area contributed by atoms with Gasteiger partial charge >= 0.3 is 12.2 Å². The van der Waals surface area contributed by atoms with E-state index >= 15 is 0 Å². The number of hydrogen-bond donors (Lipinski definition) is 1. The van der Waals surface area contributed by atoms with Gasteiger partial charge < -0.3 is 15.2 Å². The number of anilines is 1. The Bertz CT molecular complexity index is 1080. The van der Waals surface area contributed by atoms with Crippen LogP contribution in [0.2, 0.25) is 0 Å². The van der Waals surface area contributed by atoms with Gasteiger partial charge in [0.1, 0.15) is 16.9 Å². The number of nitrogens with two attached hydrogens (primary N) is 1. The highest BCUT2D eigenvalue weighted by molar-refractivity contribution is 5.99. The lowest BCUT2D eigenvalue weighted by atomic mass is 10.1. The molecule has 154 valence electrons. The van der Waals surface area contributed by atoms with Crippen LogP contribution in [0.3, 0.4) is 0 Å².